The molecule has 0 aromatic carbocycles. The summed E-state index contributed by atoms with van der Waals surface area (Å²) in [4.78, 5) is 0. The minimum atomic E-state index is -2.64. The lowest BCUT2D eigenvalue weighted by Crippen LogP contribution is -2.41. The zero-order valence-electron chi connectivity index (χ0n) is 7.49. The fourth-order valence-electron chi connectivity index (χ4n) is 1.86. The number of hydrogen-bond donors (Lipinski definition) is 1. The van der Waals surface area contributed by atoms with Crippen LogP contribution in [0.2, 0.25) is 0 Å². The molecule has 1 fully saturated rings. The predicted octanol–water partition coefficient (Wildman–Crippen LogP) is 0.406. The molecule has 1 saturated heterocycles. The Bertz CT molecular complexity index is 223. The molecule has 0 amide bonds. The van der Waals surface area contributed by atoms with Gasteiger partial charge in [-0.25, -0.2) is 8.42 Å². The van der Waals surface area contributed by atoms with Crippen LogP contribution in [0.1, 0.15) is 19.8 Å². The van der Waals surface area contributed by atoms with Gasteiger partial charge in [-0.05, 0) is 24.8 Å². The lowest BCUT2D eigenvalue weighted by molar-refractivity contribution is 0.334. The molecule has 1 rings (SSSR count). The maximum Gasteiger partial charge on any atom is 0.150 e. The van der Waals surface area contributed by atoms with Gasteiger partial charge in [0.2, 0.25) is 0 Å². The Morgan fingerprint density at radius 1 is 1.50 bits per heavy atom. The zero-order chi connectivity index (χ0) is 9.19. The first-order valence-electron chi connectivity index (χ1n) is 4.49. The molecule has 1 unspecified atom stereocenters. The lowest BCUT2D eigenvalue weighted by Gasteiger charge is -2.32. The minimum Gasteiger partial charge on any atom is -0.330 e. The molecule has 0 saturated carbocycles. The second kappa shape index (κ2) is 3.75. The average molecular weight is 191 g/mol. The molecule has 12 heavy (non-hydrogen) atoms. The van der Waals surface area contributed by atoms with E-state index in [0.717, 1.165) is 12.8 Å². The smallest absolute Gasteiger partial charge is 0.150 e. The maximum atomic E-state index is 10.9. The van der Waals surface area contributed by atoms with E-state index in [1.807, 2.05) is 0 Å². The van der Waals surface area contributed by atoms with Gasteiger partial charge in [0.05, 0.1) is 11.5 Å². The van der Waals surface area contributed by atoms with Crippen molar-refractivity contribution in [1.82, 2.24) is 0 Å². The van der Waals surface area contributed by atoms with Gasteiger partial charge in [0.1, 0.15) is 0 Å². The lowest BCUT2D eigenvalue weighted by atomic mass is 9.89. The van der Waals surface area contributed by atoms with Gasteiger partial charge in [-0.2, -0.15) is 0 Å². The van der Waals surface area contributed by atoms with Gasteiger partial charge in [-0.15, -0.1) is 0 Å². The summed E-state index contributed by atoms with van der Waals surface area (Å²) in [5.41, 5.74) is 5.44. The first kappa shape index (κ1) is 9.99. The Morgan fingerprint density at radius 3 is 2.42 bits per heavy atom. The van der Waals surface area contributed by atoms with Gasteiger partial charge in [-0.1, -0.05) is 13.3 Å². The molecule has 1 atom stereocenters. The molecule has 1 heterocycles. The largest absolute Gasteiger partial charge is 0.330 e. The summed E-state index contributed by atoms with van der Waals surface area (Å²) < 4.78 is 21.8. The average Bonchev–Trinajstić information content (AvgIpc) is 1.95. The van der Waals surface area contributed by atoms with Crippen LogP contribution in [-0.2, 0) is 9.84 Å². The fourth-order valence-corrected chi connectivity index (χ4v) is 3.61. The van der Waals surface area contributed by atoms with Crippen LogP contribution < -0.4 is 5.73 Å². The summed E-state index contributed by atoms with van der Waals surface area (Å²) in [6, 6.07) is 0. The van der Waals surface area contributed by atoms with Crippen molar-refractivity contribution in [3.63, 3.8) is 0 Å². The van der Waals surface area contributed by atoms with Crippen LogP contribution in [0.5, 0.6) is 0 Å². The highest BCUT2D eigenvalue weighted by Crippen LogP contribution is 2.30. The fraction of sp³-hybridized carbons (Fsp3) is 1.00. The molecule has 4 heteroatoms. The molecule has 2 N–H and O–H groups in total. The van der Waals surface area contributed by atoms with E-state index in [2.05, 4.69) is 6.92 Å². The second-order valence-corrected chi connectivity index (χ2v) is 5.74. The topological polar surface area (TPSA) is 60.2 Å². The standard InChI is InChI=1S/C8H17NO2S/c1-2-7(3-4-9)8-5-12(10,11)6-8/h7-8H,2-6,9H2,1H3. The van der Waals surface area contributed by atoms with E-state index in [9.17, 15) is 8.42 Å². The van der Waals surface area contributed by atoms with Crippen molar-refractivity contribution in [3.8, 4) is 0 Å². The predicted molar refractivity (Wildman–Crippen MR) is 49.6 cm³/mol. The van der Waals surface area contributed by atoms with E-state index in [4.69, 9.17) is 5.73 Å². The van der Waals surface area contributed by atoms with Crippen molar-refractivity contribution in [3.05, 3.63) is 0 Å². The Balaban J connectivity index is 2.38. The van der Waals surface area contributed by atoms with Gasteiger partial charge in [-0.3, -0.25) is 0 Å². The molecule has 0 radical (unpaired) electrons. The van der Waals surface area contributed by atoms with E-state index in [-0.39, 0.29) is 0 Å². The van der Waals surface area contributed by atoms with Gasteiger partial charge in [0.15, 0.2) is 9.84 Å². The molecular weight excluding hydrogens is 174 g/mol. The Morgan fingerprint density at radius 2 is 2.08 bits per heavy atom. The maximum absolute atomic E-state index is 10.9. The number of nitrogens with two attached hydrogens (primary N) is 1. The Kier molecular flexibility index (Phi) is 3.12. The second-order valence-electron chi connectivity index (χ2n) is 3.58. The van der Waals surface area contributed by atoms with Gasteiger partial charge in [0, 0.05) is 0 Å². The van der Waals surface area contributed by atoms with Crippen molar-refractivity contribution in [2.24, 2.45) is 17.6 Å². The van der Waals surface area contributed by atoms with Crippen molar-refractivity contribution in [1.29, 1.82) is 0 Å². The first-order valence-corrected chi connectivity index (χ1v) is 6.31. The number of hydrogen-bond acceptors (Lipinski definition) is 3. The van der Waals surface area contributed by atoms with Crippen LogP contribution in [0.25, 0.3) is 0 Å². The van der Waals surface area contributed by atoms with E-state index in [0.29, 0.717) is 29.9 Å². The van der Waals surface area contributed by atoms with E-state index in [1.165, 1.54) is 0 Å². The van der Waals surface area contributed by atoms with Crippen LogP contribution in [0.4, 0.5) is 0 Å². The summed E-state index contributed by atoms with van der Waals surface area (Å²) in [6.07, 6.45) is 2.02. The number of rotatable bonds is 4. The van der Waals surface area contributed by atoms with Gasteiger partial charge in [0.25, 0.3) is 0 Å². The van der Waals surface area contributed by atoms with E-state index >= 15 is 0 Å². The zero-order valence-corrected chi connectivity index (χ0v) is 8.31. The summed E-state index contributed by atoms with van der Waals surface area (Å²) in [7, 11) is -2.64. The van der Waals surface area contributed by atoms with Crippen LogP contribution in [0.15, 0.2) is 0 Å². The van der Waals surface area contributed by atoms with Gasteiger partial charge >= 0.3 is 0 Å². The molecule has 0 aromatic rings. The summed E-state index contributed by atoms with van der Waals surface area (Å²) >= 11 is 0. The highest BCUT2D eigenvalue weighted by Gasteiger charge is 2.37. The Hall–Kier alpha value is -0.0900. The molecule has 0 bridgehead atoms. The normalized spacial score (nSPS) is 24.8. The van der Waals surface area contributed by atoms with Crippen LogP contribution in [0, 0.1) is 11.8 Å². The molecule has 1 aliphatic rings. The van der Waals surface area contributed by atoms with Crippen LogP contribution in [-0.4, -0.2) is 26.5 Å². The molecule has 0 aliphatic carbocycles. The quantitative estimate of drug-likeness (QED) is 0.700. The molecule has 3 nitrogen and oxygen atoms in total. The van der Waals surface area contributed by atoms with Crippen molar-refractivity contribution in [2.45, 2.75) is 19.8 Å². The van der Waals surface area contributed by atoms with Crippen LogP contribution >= 0.6 is 0 Å². The monoisotopic (exact) mass is 191 g/mol. The van der Waals surface area contributed by atoms with Crippen molar-refractivity contribution >= 4 is 9.84 Å². The SMILES string of the molecule is CCC(CCN)C1CS(=O)(=O)C1. The van der Waals surface area contributed by atoms with Crippen LogP contribution in [0.3, 0.4) is 0 Å². The molecular formula is C8H17NO2S. The third-order valence-corrected chi connectivity index (χ3v) is 4.54. The molecule has 72 valence electrons. The van der Waals surface area contributed by atoms with Gasteiger partial charge < -0.3 is 5.73 Å². The van der Waals surface area contributed by atoms with Crippen molar-refractivity contribution < 1.29 is 8.42 Å². The van der Waals surface area contributed by atoms with Crippen molar-refractivity contribution in [2.75, 3.05) is 18.1 Å². The highest BCUT2D eigenvalue weighted by atomic mass is 32.2. The summed E-state index contributed by atoms with van der Waals surface area (Å²) in [5, 5.41) is 0. The molecule has 0 spiro atoms. The number of sulfone groups is 1. The molecule has 0 aromatic heterocycles. The van der Waals surface area contributed by atoms with E-state index in [1.54, 1.807) is 0 Å². The summed E-state index contributed by atoms with van der Waals surface area (Å²) in [6.45, 7) is 2.78. The summed E-state index contributed by atoms with van der Waals surface area (Å²) in [5.74, 6) is 1.71. The van der Waals surface area contributed by atoms with E-state index < -0.39 is 9.84 Å². The minimum absolute atomic E-state index is 0.392. The first-order chi connectivity index (χ1) is 5.59. The Labute approximate surface area is 74.3 Å². The molecule has 1 aliphatic heterocycles. The highest BCUT2D eigenvalue weighted by molar-refractivity contribution is 7.92. The third-order valence-electron chi connectivity index (χ3n) is 2.66. The third kappa shape index (κ3) is 2.20.